The molecule has 0 rings (SSSR count). The van der Waals surface area contributed by atoms with E-state index in [1.54, 1.807) is 6.92 Å². The highest BCUT2D eigenvalue weighted by atomic mass is 16.1. The molecule has 0 unspecified atom stereocenters. The Morgan fingerprint density at radius 3 is 2.43 bits per heavy atom. The van der Waals surface area contributed by atoms with Crippen molar-refractivity contribution in [2.75, 3.05) is 6.54 Å². The van der Waals surface area contributed by atoms with Gasteiger partial charge >= 0.3 is 0 Å². The van der Waals surface area contributed by atoms with Gasteiger partial charge in [0, 0.05) is 12.5 Å². The average Bonchev–Trinajstić information content (AvgIpc) is 2.10. The molecule has 0 aliphatic carbocycles. The molecule has 4 nitrogen and oxygen atoms in total. The zero-order valence-corrected chi connectivity index (χ0v) is 9.29. The van der Waals surface area contributed by atoms with Crippen molar-refractivity contribution in [2.24, 2.45) is 22.4 Å². The van der Waals surface area contributed by atoms with E-state index in [0.717, 1.165) is 6.42 Å². The number of carbonyl (C=O) groups is 1. The molecule has 0 aromatic carbocycles. The van der Waals surface area contributed by atoms with Crippen LogP contribution in [0.25, 0.3) is 0 Å². The van der Waals surface area contributed by atoms with Crippen LogP contribution in [-0.4, -0.2) is 24.2 Å². The van der Waals surface area contributed by atoms with Gasteiger partial charge in [0.25, 0.3) is 0 Å². The molecule has 4 N–H and O–H groups in total. The van der Waals surface area contributed by atoms with Crippen LogP contribution >= 0.6 is 0 Å². The number of amidine groups is 1. The van der Waals surface area contributed by atoms with Crippen molar-refractivity contribution in [1.29, 1.82) is 0 Å². The number of hydrogen-bond acceptors (Lipinski definition) is 3. The normalized spacial score (nSPS) is 14.5. The number of nitrogens with zero attached hydrogens (tertiary/aromatic N) is 1. The van der Waals surface area contributed by atoms with Crippen LogP contribution < -0.4 is 11.5 Å². The molecule has 0 heterocycles. The van der Waals surface area contributed by atoms with Crippen molar-refractivity contribution in [1.82, 2.24) is 0 Å². The monoisotopic (exact) mass is 199 g/mol. The van der Waals surface area contributed by atoms with E-state index in [0.29, 0.717) is 18.8 Å². The molecule has 0 radical (unpaired) electrons. The van der Waals surface area contributed by atoms with E-state index < -0.39 is 0 Å². The highest BCUT2D eigenvalue weighted by Crippen LogP contribution is 2.03. The summed E-state index contributed by atoms with van der Waals surface area (Å²) < 4.78 is 0. The number of nitrogens with two attached hydrogens (primary N) is 2. The number of carbonyl (C=O) groups excluding carboxylic acids is 1. The van der Waals surface area contributed by atoms with E-state index in [1.165, 1.54) is 0 Å². The fraction of sp³-hybridized carbons (Fsp3) is 0.800. The molecule has 0 saturated heterocycles. The quantitative estimate of drug-likeness (QED) is 0.375. The van der Waals surface area contributed by atoms with Crippen molar-refractivity contribution in [3.05, 3.63) is 0 Å². The lowest BCUT2D eigenvalue weighted by Crippen LogP contribution is -2.33. The van der Waals surface area contributed by atoms with Crippen LogP contribution in [0.4, 0.5) is 0 Å². The van der Waals surface area contributed by atoms with Crippen LogP contribution in [0.2, 0.25) is 0 Å². The molecule has 0 aliphatic heterocycles. The second kappa shape index (κ2) is 6.54. The van der Waals surface area contributed by atoms with Gasteiger partial charge in [0.2, 0.25) is 0 Å². The SMILES string of the molecule is CC(N)=NCCC[C@@H](N)C(=O)C(C)C. The lowest BCUT2D eigenvalue weighted by molar-refractivity contribution is -0.123. The third-order valence-electron chi connectivity index (χ3n) is 1.97. The Bertz CT molecular complexity index is 207. The van der Waals surface area contributed by atoms with Crippen LogP contribution in [-0.2, 0) is 4.79 Å². The fourth-order valence-corrected chi connectivity index (χ4v) is 1.14. The molecule has 0 aromatic heterocycles. The van der Waals surface area contributed by atoms with Crippen molar-refractivity contribution >= 4 is 11.6 Å². The standard InChI is InChI=1S/C10H21N3O/c1-7(2)10(14)9(12)5-4-6-13-8(3)11/h7,9H,4-6,12H2,1-3H3,(H2,11,13)/t9-/m1/s1. The summed E-state index contributed by atoms with van der Waals surface area (Å²) in [4.78, 5) is 15.4. The molecule has 82 valence electrons. The van der Waals surface area contributed by atoms with Crippen LogP contribution in [0.3, 0.4) is 0 Å². The van der Waals surface area contributed by atoms with Gasteiger partial charge in [-0.05, 0) is 19.8 Å². The maximum Gasteiger partial charge on any atom is 0.152 e. The van der Waals surface area contributed by atoms with Gasteiger partial charge in [0.1, 0.15) is 0 Å². The van der Waals surface area contributed by atoms with Crippen molar-refractivity contribution in [2.45, 2.75) is 39.7 Å². The summed E-state index contributed by atoms with van der Waals surface area (Å²) in [6, 6.07) is -0.344. The van der Waals surface area contributed by atoms with E-state index in [-0.39, 0.29) is 17.7 Å². The Labute approximate surface area is 85.8 Å². The first-order valence-corrected chi connectivity index (χ1v) is 5.01. The Kier molecular flexibility index (Phi) is 6.12. The first-order valence-electron chi connectivity index (χ1n) is 5.01. The number of rotatable bonds is 6. The summed E-state index contributed by atoms with van der Waals surface area (Å²) in [5, 5.41) is 0. The lowest BCUT2D eigenvalue weighted by Gasteiger charge is -2.11. The molecular formula is C10H21N3O. The summed E-state index contributed by atoms with van der Waals surface area (Å²) in [5.41, 5.74) is 11.1. The molecule has 0 aromatic rings. The smallest absolute Gasteiger partial charge is 0.152 e. The van der Waals surface area contributed by atoms with E-state index >= 15 is 0 Å². The zero-order chi connectivity index (χ0) is 11.1. The third-order valence-corrected chi connectivity index (χ3v) is 1.97. The molecule has 0 aliphatic rings. The Morgan fingerprint density at radius 2 is 2.00 bits per heavy atom. The molecule has 1 atom stereocenters. The molecule has 0 bridgehead atoms. The topological polar surface area (TPSA) is 81.5 Å². The lowest BCUT2D eigenvalue weighted by atomic mass is 9.99. The van der Waals surface area contributed by atoms with Gasteiger partial charge in [0.15, 0.2) is 5.78 Å². The Hall–Kier alpha value is -0.900. The minimum absolute atomic E-state index is 0.0183. The first kappa shape index (κ1) is 13.1. The zero-order valence-electron chi connectivity index (χ0n) is 9.29. The molecule has 0 saturated carbocycles. The average molecular weight is 199 g/mol. The first-order chi connectivity index (χ1) is 6.45. The summed E-state index contributed by atoms with van der Waals surface area (Å²) in [6.07, 6.45) is 1.50. The van der Waals surface area contributed by atoms with Gasteiger partial charge in [-0.2, -0.15) is 0 Å². The maximum atomic E-state index is 11.4. The van der Waals surface area contributed by atoms with Gasteiger partial charge in [-0.3, -0.25) is 9.79 Å². The molecule has 0 spiro atoms. The van der Waals surface area contributed by atoms with Gasteiger partial charge in [0.05, 0.1) is 11.9 Å². The molecule has 14 heavy (non-hydrogen) atoms. The van der Waals surface area contributed by atoms with Gasteiger partial charge in [-0.15, -0.1) is 0 Å². The minimum Gasteiger partial charge on any atom is -0.388 e. The summed E-state index contributed by atoms with van der Waals surface area (Å²) in [6.45, 7) is 6.13. The second-order valence-electron chi connectivity index (χ2n) is 3.83. The fourth-order valence-electron chi connectivity index (χ4n) is 1.14. The van der Waals surface area contributed by atoms with Crippen LogP contribution in [0.15, 0.2) is 4.99 Å². The minimum atomic E-state index is -0.344. The van der Waals surface area contributed by atoms with E-state index in [4.69, 9.17) is 11.5 Å². The predicted octanol–water partition coefficient (Wildman–Crippen LogP) is 0.696. The van der Waals surface area contributed by atoms with Gasteiger partial charge in [-0.25, -0.2) is 0 Å². The summed E-state index contributed by atoms with van der Waals surface area (Å²) in [5.74, 6) is 0.719. The molecule has 0 amide bonds. The summed E-state index contributed by atoms with van der Waals surface area (Å²) >= 11 is 0. The number of aliphatic imine (C=N–C) groups is 1. The highest BCUT2D eigenvalue weighted by molar-refractivity contribution is 5.85. The van der Waals surface area contributed by atoms with Crippen LogP contribution in [0.5, 0.6) is 0 Å². The molecule has 4 heteroatoms. The largest absolute Gasteiger partial charge is 0.388 e. The Morgan fingerprint density at radius 1 is 1.43 bits per heavy atom. The predicted molar refractivity (Wildman–Crippen MR) is 59.2 cm³/mol. The van der Waals surface area contributed by atoms with Crippen molar-refractivity contribution in [3.63, 3.8) is 0 Å². The Balaban J connectivity index is 3.69. The van der Waals surface area contributed by atoms with E-state index in [2.05, 4.69) is 4.99 Å². The third kappa shape index (κ3) is 5.70. The van der Waals surface area contributed by atoms with E-state index in [1.807, 2.05) is 13.8 Å². The maximum absolute atomic E-state index is 11.4. The van der Waals surface area contributed by atoms with Crippen molar-refractivity contribution in [3.8, 4) is 0 Å². The number of ketones is 1. The summed E-state index contributed by atoms with van der Waals surface area (Å²) in [7, 11) is 0. The number of hydrogen-bond donors (Lipinski definition) is 2. The molecular weight excluding hydrogens is 178 g/mol. The van der Waals surface area contributed by atoms with Gasteiger partial charge in [-0.1, -0.05) is 13.8 Å². The van der Waals surface area contributed by atoms with Gasteiger partial charge < -0.3 is 11.5 Å². The molecule has 0 fully saturated rings. The van der Waals surface area contributed by atoms with E-state index in [9.17, 15) is 4.79 Å². The van der Waals surface area contributed by atoms with Crippen LogP contribution in [0, 0.1) is 5.92 Å². The highest BCUT2D eigenvalue weighted by Gasteiger charge is 2.15. The van der Waals surface area contributed by atoms with Crippen LogP contribution in [0.1, 0.15) is 33.6 Å². The van der Waals surface area contributed by atoms with Crippen molar-refractivity contribution < 1.29 is 4.79 Å². The number of Topliss-reactive ketones (excluding diaryl/α,β-unsaturated/α-hetero) is 1. The second-order valence-corrected chi connectivity index (χ2v) is 3.83.